The number of benzene rings is 2. The van der Waals surface area contributed by atoms with Crippen molar-refractivity contribution in [3.63, 3.8) is 0 Å². The van der Waals surface area contributed by atoms with Crippen LogP contribution in [0.3, 0.4) is 0 Å². The van der Waals surface area contributed by atoms with Crippen LogP contribution in [0.2, 0.25) is 5.02 Å². The third kappa shape index (κ3) is 5.56. The lowest BCUT2D eigenvalue weighted by Crippen LogP contribution is -2.34. The molecule has 0 aliphatic rings. The lowest BCUT2D eigenvalue weighted by Gasteiger charge is -2.04. The minimum atomic E-state index is -0.406. The van der Waals surface area contributed by atoms with E-state index in [9.17, 15) is 9.59 Å². The van der Waals surface area contributed by atoms with E-state index in [0.29, 0.717) is 10.6 Å². The van der Waals surface area contributed by atoms with Gasteiger partial charge in [0.25, 0.3) is 11.8 Å². The Bertz CT molecular complexity index is 727. The highest BCUT2D eigenvalue weighted by atomic mass is 35.5. The van der Waals surface area contributed by atoms with Gasteiger partial charge in [-0.2, -0.15) is 5.10 Å². The number of hydrogen-bond donors (Lipinski definition) is 2. The molecule has 0 saturated heterocycles. The van der Waals surface area contributed by atoms with Crippen LogP contribution in [0.25, 0.3) is 0 Å². The standard InChI is InChI=1S/C17H16ClN3O2/c1-12-3-2-4-14(9-12)17(23)19-11-16(22)21-20-10-13-5-7-15(18)8-6-13/h2-10H,11H2,1H3,(H,19,23)(H,21,22)/b20-10-. The van der Waals surface area contributed by atoms with Crippen molar-refractivity contribution in [3.8, 4) is 0 Å². The summed E-state index contributed by atoms with van der Waals surface area (Å²) in [7, 11) is 0. The van der Waals surface area contributed by atoms with Gasteiger partial charge in [-0.15, -0.1) is 0 Å². The van der Waals surface area contributed by atoms with Gasteiger partial charge >= 0.3 is 0 Å². The molecule has 2 aromatic carbocycles. The quantitative estimate of drug-likeness (QED) is 0.653. The van der Waals surface area contributed by atoms with Crippen molar-refractivity contribution in [2.45, 2.75) is 6.92 Å². The first kappa shape index (κ1) is 16.7. The van der Waals surface area contributed by atoms with Crippen molar-refractivity contribution in [3.05, 3.63) is 70.2 Å². The number of hydrogen-bond acceptors (Lipinski definition) is 3. The highest BCUT2D eigenvalue weighted by Gasteiger charge is 2.07. The van der Waals surface area contributed by atoms with Crippen molar-refractivity contribution in [2.24, 2.45) is 5.10 Å². The Hall–Kier alpha value is -2.66. The summed E-state index contributed by atoms with van der Waals surface area (Å²) in [5, 5.41) is 6.99. The molecule has 2 N–H and O–H groups in total. The highest BCUT2D eigenvalue weighted by Crippen LogP contribution is 2.07. The van der Waals surface area contributed by atoms with Gasteiger partial charge in [0.2, 0.25) is 0 Å². The molecular formula is C17H16ClN3O2. The number of carbonyl (C=O) groups is 2. The van der Waals surface area contributed by atoms with E-state index in [2.05, 4.69) is 15.8 Å². The second-order valence-corrected chi connectivity index (χ2v) is 5.33. The van der Waals surface area contributed by atoms with Gasteiger partial charge in [0.15, 0.2) is 0 Å². The van der Waals surface area contributed by atoms with E-state index in [1.165, 1.54) is 6.21 Å². The molecule has 0 unspecified atom stereocenters. The number of nitrogens with zero attached hydrogens (tertiary/aromatic N) is 1. The first-order chi connectivity index (χ1) is 11.0. The van der Waals surface area contributed by atoms with Crippen molar-refractivity contribution in [1.82, 2.24) is 10.7 Å². The number of nitrogens with one attached hydrogen (secondary N) is 2. The van der Waals surface area contributed by atoms with E-state index in [-0.39, 0.29) is 12.5 Å². The van der Waals surface area contributed by atoms with Gasteiger partial charge < -0.3 is 5.32 Å². The molecule has 2 aromatic rings. The topological polar surface area (TPSA) is 70.6 Å². The molecule has 0 heterocycles. The fourth-order valence-corrected chi connectivity index (χ4v) is 1.94. The number of amides is 2. The van der Waals surface area contributed by atoms with Gasteiger partial charge in [0.05, 0.1) is 12.8 Å². The maximum Gasteiger partial charge on any atom is 0.259 e. The minimum absolute atomic E-state index is 0.148. The molecule has 0 aromatic heterocycles. The third-order valence-corrected chi connectivity index (χ3v) is 3.21. The van der Waals surface area contributed by atoms with Crippen LogP contribution in [0.5, 0.6) is 0 Å². The molecule has 6 heteroatoms. The Morgan fingerprint density at radius 2 is 1.91 bits per heavy atom. The molecule has 0 atom stereocenters. The molecule has 0 spiro atoms. The number of halogens is 1. The average molecular weight is 330 g/mol. The van der Waals surface area contributed by atoms with Gasteiger partial charge in [-0.25, -0.2) is 5.43 Å². The summed E-state index contributed by atoms with van der Waals surface area (Å²) in [4.78, 5) is 23.5. The van der Waals surface area contributed by atoms with Crippen LogP contribution < -0.4 is 10.7 Å². The zero-order valence-corrected chi connectivity index (χ0v) is 13.3. The van der Waals surface area contributed by atoms with E-state index < -0.39 is 5.91 Å². The van der Waals surface area contributed by atoms with Gasteiger partial charge in [0, 0.05) is 10.6 Å². The molecule has 2 rings (SSSR count). The molecule has 23 heavy (non-hydrogen) atoms. The minimum Gasteiger partial charge on any atom is -0.343 e. The number of rotatable bonds is 5. The first-order valence-corrected chi connectivity index (χ1v) is 7.35. The fourth-order valence-electron chi connectivity index (χ4n) is 1.82. The summed E-state index contributed by atoms with van der Waals surface area (Å²) in [6, 6.07) is 14.1. The van der Waals surface area contributed by atoms with Crippen molar-refractivity contribution < 1.29 is 9.59 Å². The molecule has 2 amide bonds. The van der Waals surface area contributed by atoms with Crippen LogP contribution >= 0.6 is 11.6 Å². The molecule has 118 valence electrons. The van der Waals surface area contributed by atoms with Crippen LogP contribution in [-0.4, -0.2) is 24.6 Å². The third-order valence-electron chi connectivity index (χ3n) is 2.96. The summed E-state index contributed by atoms with van der Waals surface area (Å²) in [5.74, 6) is -0.707. The summed E-state index contributed by atoms with van der Waals surface area (Å²) in [6.45, 7) is 1.75. The Labute approximate surface area is 139 Å². The van der Waals surface area contributed by atoms with E-state index in [0.717, 1.165) is 11.1 Å². The van der Waals surface area contributed by atoms with Crippen molar-refractivity contribution >= 4 is 29.6 Å². The summed E-state index contributed by atoms with van der Waals surface area (Å²) >= 11 is 5.77. The van der Waals surface area contributed by atoms with Crippen LogP contribution in [0.1, 0.15) is 21.5 Å². The zero-order chi connectivity index (χ0) is 16.7. The normalized spacial score (nSPS) is 10.5. The molecule has 0 aliphatic heterocycles. The van der Waals surface area contributed by atoms with Gasteiger partial charge in [0.1, 0.15) is 0 Å². The van der Waals surface area contributed by atoms with E-state index >= 15 is 0 Å². The van der Waals surface area contributed by atoms with Gasteiger partial charge in [-0.1, -0.05) is 41.4 Å². The maximum absolute atomic E-state index is 11.9. The smallest absolute Gasteiger partial charge is 0.259 e. The number of aryl methyl sites for hydroxylation is 1. The highest BCUT2D eigenvalue weighted by molar-refractivity contribution is 6.30. The van der Waals surface area contributed by atoms with Gasteiger partial charge in [-0.3, -0.25) is 9.59 Å². The SMILES string of the molecule is Cc1cccc(C(=O)NCC(=O)N/N=C\c2ccc(Cl)cc2)c1. The van der Waals surface area contributed by atoms with Crippen molar-refractivity contribution in [2.75, 3.05) is 6.54 Å². The second kappa shape index (κ2) is 8.10. The summed E-state index contributed by atoms with van der Waals surface area (Å²) in [5.41, 5.74) is 4.65. The number of hydrazone groups is 1. The molecule has 0 radical (unpaired) electrons. The van der Waals surface area contributed by atoms with Crippen LogP contribution in [-0.2, 0) is 4.79 Å². The molecule has 0 aliphatic carbocycles. The predicted octanol–water partition coefficient (Wildman–Crippen LogP) is 2.53. The molecule has 0 saturated carbocycles. The lowest BCUT2D eigenvalue weighted by atomic mass is 10.1. The second-order valence-electron chi connectivity index (χ2n) is 4.90. The largest absolute Gasteiger partial charge is 0.343 e. The average Bonchev–Trinajstić information content (AvgIpc) is 2.54. The first-order valence-electron chi connectivity index (χ1n) is 6.97. The molecular weight excluding hydrogens is 314 g/mol. The van der Waals surface area contributed by atoms with Crippen LogP contribution in [0.15, 0.2) is 53.6 Å². The molecule has 5 nitrogen and oxygen atoms in total. The van der Waals surface area contributed by atoms with E-state index in [1.54, 1.807) is 42.5 Å². The van der Waals surface area contributed by atoms with Crippen LogP contribution in [0, 0.1) is 6.92 Å². The summed E-state index contributed by atoms with van der Waals surface area (Å²) < 4.78 is 0. The zero-order valence-electron chi connectivity index (χ0n) is 12.5. The predicted molar refractivity (Wildman–Crippen MR) is 90.7 cm³/mol. The maximum atomic E-state index is 11.9. The Kier molecular flexibility index (Phi) is 5.88. The number of carbonyl (C=O) groups excluding carboxylic acids is 2. The Morgan fingerprint density at radius 3 is 2.61 bits per heavy atom. The Balaban J connectivity index is 1.78. The lowest BCUT2D eigenvalue weighted by molar-refractivity contribution is -0.120. The van der Waals surface area contributed by atoms with E-state index in [4.69, 9.17) is 11.6 Å². The monoisotopic (exact) mass is 329 g/mol. The van der Waals surface area contributed by atoms with Gasteiger partial charge in [-0.05, 0) is 36.8 Å². The molecule has 0 bridgehead atoms. The molecule has 0 fully saturated rings. The Morgan fingerprint density at radius 1 is 1.17 bits per heavy atom. The van der Waals surface area contributed by atoms with E-state index in [1.807, 2.05) is 13.0 Å². The fraction of sp³-hybridized carbons (Fsp3) is 0.118. The summed E-state index contributed by atoms with van der Waals surface area (Å²) in [6.07, 6.45) is 1.50. The van der Waals surface area contributed by atoms with Crippen LogP contribution in [0.4, 0.5) is 0 Å². The van der Waals surface area contributed by atoms with Crippen molar-refractivity contribution in [1.29, 1.82) is 0 Å².